The van der Waals surface area contributed by atoms with Gasteiger partial charge in [0.2, 0.25) is 0 Å². The Labute approximate surface area is 166 Å². The van der Waals surface area contributed by atoms with Crippen molar-refractivity contribution in [3.8, 4) is 11.5 Å². The summed E-state index contributed by atoms with van der Waals surface area (Å²) in [5.41, 5.74) is 1.75. The third-order valence-corrected chi connectivity index (χ3v) is 4.29. The zero-order valence-electron chi connectivity index (χ0n) is 15.2. The predicted octanol–water partition coefficient (Wildman–Crippen LogP) is 5.77. The number of halogens is 3. The van der Waals surface area contributed by atoms with Crippen LogP contribution in [0.4, 0.5) is 4.39 Å². The van der Waals surface area contributed by atoms with Gasteiger partial charge in [-0.1, -0.05) is 49.6 Å². The van der Waals surface area contributed by atoms with Gasteiger partial charge in [-0.15, -0.1) is 12.4 Å². The Morgan fingerprint density at radius 2 is 1.92 bits per heavy atom. The fourth-order valence-electron chi connectivity index (χ4n) is 2.54. The summed E-state index contributed by atoms with van der Waals surface area (Å²) in [7, 11) is 1.62. The van der Waals surface area contributed by atoms with Crippen molar-refractivity contribution < 1.29 is 13.9 Å². The molecular formula is C20H26Cl2FNO2. The lowest BCUT2D eigenvalue weighted by Gasteiger charge is -2.16. The van der Waals surface area contributed by atoms with Crippen molar-refractivity contribution in [2.75, 3.05) is 13.7 Å². The van der Waals surface area contributed by atoms with E-state index in [0.29, 0.717) is 23.1 Å². The normalized spacial score (nSPS) is 10.3. The maximum Gasteiger partial charge on any atom is 0.166 e. The van der Waals surface area contributed by atoms with Crippen molar-refractivity contribution in [2.45, 2.75) is 39.3 Å². The second-order valence-electron chi connectivity index (χ2n) is 5.86. The fourth-order valence-corrected chi connectivity index (χ4v) is 2.76. The zero-order chi connectivity index (χ0) is 18.1. The van der Waals surface area contributed by atoms with Crippen LogP contribution in [-0.2, 0) is 13.2 Å². The third-order valence-electron chi connectivity index (χ3n) is 3.94. The van der Waals surface area contributed by atoms with Crippen molar-refractivity contribution in [3.05, 3.63) is 58.4 Å². The van der Waals surface area contributed by atoms with E-state index in [2.05, 4.69) is 12.2 Å². The Bertz CT molecular complexity index is 683. The number of hydrogen-bond donors (Lipinski definition) is 1. The molecule has 0 aliphatic rings. The number of hydrogen-bond acceptors (Lipinski definition) is 3. The van der Waals surface area contributed by atoms with Crippen molar-refractivity contribution in [1.82, 2.24) is 5.32 Å². The molecule has 0 bridgehead atoms. The molecule has 26 heavy (non-hydrogen) atoms. The lowest BCUT2D eigenvalue weighted by atomic mass is 10.1. The van der Waals surface area contributed by atoms with E-state index >= 15 is 0 Å². The van der Waals surface area contributed by atoms with Crippen LogP contribution in [0, 0.1) is 5.82 Å². The molecule has 0 atom stereocenters. The summed E-state index contributed by atoms with van der Waals surface area (Å²) >= 11 is 6.08. The zero-order valence-corrected chi connectivity index (χ0v) is 16.8. The minimum absolute atomic E-state index is 0. The number of benzene rings is 2. The Morgan fingerprint density at radius 1 is 1.12 bits per heavy atom. The summed E-state index contributed by atoms with van der Waals surface area (Å²) in [6.07, 6.45) is 3.58. The molecule has 2 rings (SSSR count). The number of para-hydroxylation sites is 1. The van der Waals surface area contributed by atoms with E-state index in [1.165, 1.54) is 25.0 Å². The van der Waals surface area contributed by atoms with Gasteiger partial charge in [-0.25, -0.2) is 4.39 Å². The first-order valence-corrected chi connectivity index (χ1v) is 8.96. The van der Waals surface area contributed by atoms with Crippen LogP contribution in [0.2, 0.25) is 5.02 Å². The van der Waals surface area contributed by atoms with E-state index in [1.54, 1.807) is 13.2 Å². The van der Waals surface area contributed by atoms with E-state index in [-0.39, 0.29) is 24.8 Å². The van der Waals surface area contributed by atoms with Gasteiger partial charge in [-0.2, -0.15) is 0 Å². The van der Waals surface area contributed by atoms with Crippen molar-refractivity contribution >= 4 is 24.0 Å². The highest BCUT2D eigenvalue weighted by Crippen LogP contribution is 2.32. The van der Waals surface area contributed by atoms with Crippen LogP contribution in [-0.4, -0.2) is 13.7 Å². The summed E-state index contributed by atoms with van der Waals surface area (Å²) in [5, 5.41) is 3.79. The summed E-state index contributed by atoms with van der Waals surface area (Å²) in [6, 6.07) is 10.1. The highest BCUT2D eigenvalue weighted by molar-refractivity contribution is 6.31. The van der Waals surface area contributed by atoms with Crippen LogP contribution >= 0.6 is 24.0 Å². The van der Waals surface area contributed by atoms with Gasteiger partial charge >= 0.3 is 0 Å². The van der Waals surface area contributed by atoms with E-state index in [4.69, 9.17) is 21.1 Å². The standard InChI is InChI=1S/C20H25ClFNO2.ClH/c1-3-4-5-11-23-13-15-7-6-8-19(24-2)20(15)25-14-16-9-10-17(22)12-18(16)21;/h6-10,12,23H,3-5,11,13-14H2,1-2H3;1H. The average Bonchev–Trinajstić information content (AvgIpc) is 2.61. The van der Waals surface area contributed by atoms with Gasteiger partial charge in [0.05, 0.1) is 12.1 Å². The van der Waals surface area contributed by atoms with Crippen molar-refractivity contribution in [3.63, 3.8) is 0 Å². The van der Waals surface area contributed by atoms with E-state index < -0.39 is 0 Å². The number of nitrogens with one attached hydrogen (secondary N) is 1. The molecule has 2 aromatic carbocycles. The molecule has 0 spiro atoms. The smallest absolute Gasteiger partial charge is 0.166 e. The topological polar surface area (TPSA) is 30.5 Å². The molecule has 0 saturated carbocycles. The molecule has 0 saturated heterocycles. The lowest BCUT2D eigenvalue weighted by molar-refractivity contribution is 0.280. The molecule has 3 nitrogen and oxygen atoms in total. The van der Waals surface area contributed by atoms with Gasteiger partial charge in [0, 0.05) is 17.7 Å². The summed E-state index contributed by atoms with van der Waals surface area (Å²) in [4.78, 5) is 0. The molecule has 0 fully saturated rings. The molecule has 1 N–H and O–H groups in total. The quantitative estimate of drug-likeness (QED) is 0.512. The van der Waals surface area contributed by atoms with Gasteiger partial charge in [0.25, 0.3) is 0 Å². The Hall–Kier alpha value is -1.49. The molecule has 0 heterocycles. The van der Waals surface area contributed by atoms with E-state index in [1.807, 2.05) is 18.2 Å². The molecule has 0 amide bonds. The van der Waals surface area contributed by atoms with Gasteiger partial charge in [-0.3, -0.25) is 0 Å². The first-order valence-electron chi connectivity index (χ1n) is 8.59. The second-order valence-corrected chi connectivity index (χ2v) is 6.26. The average molecular weight is 402 g/mol. The first-order chi connectivity index (χ1) is 12.2. The van der Waals surface area contributed by atoms with Crippen LogP contribution in [0.1, 0.15) is 37.3 Å². The minimum Gasteiger partial charge on any atom is -0.493 e. The molecular weight excluding hydrogens is 376 g/mol. The molecule has 0 aliphatic carbocycles. The van der Waals surface area contributed by atoms with Crippen LogP contribution in [0.15, 0.2) is 36.4 Å². The number of rotatable bonds is 10. The maximum atomic E-state index is 13.2. The van der Waals surface area contributed by atoms with Gasteiger partial charge < -0.3 is 14.8 Å². The highest BCUT2D eigenvalue weighted by Gasteiger charge is 2.12. The monoisotopic (exact) mass is 401 g/mol. The molecule has 2 aromatic rings. The Kier molecular flexibility index (Phi) is 10.4. The Balaban J connectivity index is 0.00000338. The molecule has 6 heteroatoms. The Morgan fingerprint density at radius 3 is 2.62 bits per heavy atom. The number of methoxy groups -OCH3 is 1. The van der Waals surface area contributed by atoms with Crippen LogP contribution in [0.5, 0.6) is 11.5 Å². The van der Waals surface area contributed by atoms with Crippen LogP contribution < -0.4 is 14.8 Å². The molecule has 0 unspecified atom stereocenters. The number of ether oxygens (including phenoxy) is 2. The van der Waals surface area contributed by atoms with E-state index in [0.717, 1.165) is 24.1 Å². The summed E-state index contributed by atoms with van der Waals surface area (Å²) < 4.78 is 24.6. The first kappa shape index (κ1) is 22.6. The maximum absolute atomic E-state index is 13.2. The lowest BCUT2D eigenvalue weighted by Crippen LogP contribution is -2.15. The molecule has 0 aromatic heterocycles. The largest absolute Gasteiger partial charge is 0.493 e. The summed E-state index contributed by atoms with van der Waals surface area (Å²) in [5.74, 6) is 1.00. The van der Waals surface area contributed by atoms with Crippen LogP contribution in [0.25, 0.3) is 0 Å². The minimum atomic E-state index is -0.358. The third kappa shape index (κ3) is 6.67. The van der Waals surface area contributed by atoms with Crippen molar-refractivity contribution in [2.24, 2.45) is 0 Å². The number of unbranched alkanes of at least 4 members (excludes halogenated alkanes) is 2. The van der Waals surface area contributed by atoms with Gasteiger partial charge in [-0.05, 0) is 31.2 Å². The van der Waals surface area contributed by atoms with E-state index in [9.17, 15) is 4.39 Å². The fraction of sp³-hybridized carbons (Fsp3) is 0.400. The molecule has 0 aliphatic heterocycles. The van der Waals surface area contributed by atoms with Gasteiger partial charge in [0.1, 0.15) is 12.4 Å². The summed E-state index contributed by atoms with van der Waals surface area (Å²) in [6.45, 7) is 4.11. The molecule has 0 radical (unpaired) electrons. The highest BCUT2D eigenvalue weighted by atomic mass is 35.5. The predicted molar refractivity (Wildman–Crippen MR) is 107 cm³/mol. The second kappa shape index (κ2) is 12.0. The van der Waals surface area contributed by atoms with Gasteiger partial charge in [0.15, 0.2) is 11.5 Å². The molecule has 144 valence electrons. The van der Waals surface area contributed by atoms with Crippen molar-refractivity contribution in [1.29, 1.82) is 0 Å². The van der Waals surface area contributed by atoms with Crippen LogP contribution in [0.3, 0.4) is 0 Å². The SMILES string of the molecule is CCCCCNCc1cccc(OC)c1OCc1ccc(F)cc1Cl.Cl.